The van der Waals surface area contributed by atoms with E-state index in [1.807, 2.05) is 6.07 Å². The van der Waals surface area contributed by atoms with E-state index in [9.17, 15) is 4.39 Å². The minimum atomic E-state index is -0.342. The SMILES string of the molecule is Cc1cc(C)cc(CSCc2cc(F)cc(C#N)c2)c1. The fraction of sp³-hybridized carbons (Fsp3) is 0.235. The number of aryl methyl sites for hydroxylation is 2. The van der Waals surface area contributed by atoms with Gasteiger partial charge >= 0.3 is 0 Å². The molecule has 2 aromatic carbocycles. The van der Waals surface area contributed by atoms with Crippen LogP contribution >= 0.6 is 11.8 Å². The molecule has 20 heavy (non-hydrogen) atoms. The molecular weight excluding hydrogens is 269 g/mol. The first-order valence-electron chi connectivity index (χ1n) is 6.41. The minimum absolute atomic E-state index is 0.342. The molecule has 0 N–H and O–H groups in total. The third-order valence-electron chi connectivity index (χ3n) is 2.91. The van der Waals surface area contributed by atoms with E-state index in [1.165, 1.54) is 28.8 Å². The summed E-state index contributed by atoms with van der Waals surface area (Å²) < 4.78 is 13.3. The van der Waals surface area contributed by atoms with Gasteiger partial charge in [-0.25, -0.2) is 4.39 Å². The number of nitriles is 1. The minimum Gasteiger partial charge on any atom is -0.207 e. The average molecular weight is 285 g/mol. The Hall–Kier alpha value is -1.79. The molecule has 1 nitrogen and oxygen atoms in total. The molecule has 0 bridgehead atoms. The van der Waals surface area contributed by atoms with Crippen molar-refractivity contribution in [3.05, 3.63) is 70.0 Å². The Morgan fingerprint density at radius 1 is 0.950 bits per heavy atom. The highest BCUT2D eigenvalue weighted by Gasteiger charge is 2.02. The molecule has 0 saturated heterocycles. The predicted molar refractivity (Wildman–Crippen MR) is 82.0 cm³/mol. The lowest BCUT2D eigenvalue weighted by Gasteiger charge is -2.06. The predicted octanol–water partition coefficient (Wildman–Crippen LogP) is 4.75. The van der Waals surface area contributed by atoms with Gasteiger partial charge in [0.15, 0.2) is 0 Å². The highest BCUT2D eigenvalue weighted by Crippen LogP contribution is 2.21. The molecule has 0 spiro atoms. The van der Waals surface area contributed by atoms with E-state index in [0.29, 0.717) is 11.3 Å². The largest absolute Gasteiger partial charge is 0.207 e. The van der Waals surface area contributed by atoms with E-state index in [2.05, 4.69) is 32.0 Å². The van der Waals surface area contributed by atoms with Crippen molar-refractivity contribution in [2.45, 2.75) is 25.4 Å². The summed E-state index contributed by atoms with van der Waals surface area (Å²) in [6.07, 6.45) is 0. The second-order valence-corrected chi connectivity index (χ2v) is 5.93. The van der Waals surface area contributed by atoms with Crippen molar-refractivity contribution < 1.29 is 4.39 Å². The zero-order valence-corrected chi connectivity index (χ0v) is 12.4. The van der Waals surface area contributed by atoms with E-state index in [-0.39, 0.29) is 5.82 Å². The summed E-state index contributed by atoms with van der Waals surface area (Å²) in [5.74, 6) is 1.26. The Kier molecular flexibility index (Phi) is 4.81. The number of benzene rings is 2. The molecular formula is C17H16FNS. The van der Waals surface area contributed by atoms with Crippen molar-refractivity contribution in [3.63, 3.8) is 0 Å². The van der Waals surface area contributed by atoms with Gasteiger partial charge in [-0.2, -0.15) is 17.0 Å². The van der Waals surface area contributed by atoms with Gasteiger partial charge in [0.25, 0.3) is 0 Å². The van der Waals surface area contributed by atoms with Gasteiger partial charge < -0.3 is 0 Å². The van der Waals surface area contributed by atoms with Gasteiger partial charge in [-0.1, -0.05) is 29.3 Å². The van der Waals surface area contributed by atoms with E-state index < -0.39 is 0 Å². The average Bonchev–Trinajstić information content (AvgIpc) is 2.37. The van der Waals surface area contributed by atoms with Crippen LogP contribution in [0.5, 0.6) is 0 Å². The second-order valence-electron chi connectivity index (χ2n) is 4.95. The molecule has 0 unspecified atom stereocenters. The van der Waals surface area contributed by atoms with Crippen LogP contribution in [-0.2, 0) is 11.5 Å². The molecule has 0 aliphatic heterocycles. The van der Waals surface area contributed by atoms with Crippen LogP contribution < -0.4 is 0 Å². The van der Waals surface area contributed by atoms with Gasteiger partial charge in [0.05, 0.1) is 11.6 Å². The molecule has 2 rings (SSSR count). The Bertz CT molecular complexity index is 638. The second kappa shape index (κ2) is 6.58. The van der Waals surface area contributed by atoms with Crippen LogP contribution in [0.15, 0.2) is 36.4 Å². The maximum Gasteiger partial charge on any atom is 0.124 e. The molecule has 0 aromatic heterocycles. The maximum atomic E-state index is 13.3. The molecule has 102 valence electrons. The van der Waals surface area contributed by atoms with Crippen LogP contribution in [0.3, 0.4) is 0 Å². The highest BCUT2D eigenvalue weighted by molar-refractivity contribution is 7.97. The molecule has 2 aromatic rings. The number of nitrogens with zero attached hydrogens (tertiary/aromatic N) is 1. The third kappa shape index (κ3) is 4.11. The Labute approximate surface area is 123 Å². The van der Waals surface area contributed by atoms with Crippen LogP contribution in [0, 0.1) is 31.0 Å². The van der Waals surface area contributed by atoms with Crippen molar-refractivity contribution in [1.29, 1.82) is 5.26 Å². The normalized spacial score (nSPS) is 10.3. The first kappa shape index (κ1) is 14.6. The zero-order valence-electron chi connectivity index (χ0n) is 11.6. The standard InChI is InChI=1S/C17H16FNS/c1-12-3-13(2)5-15(4-12)10-20-11-16-6-14(9-19)7-17(18)8-16/h3-8H,10-11H2,1-2H3. The monoisotopic (exact) mass is 285 g/mol. The van der Waals surface area contributed by atoms with Crippen LogP contribution in [0.1, 0.15) is 27.8 Å². The number of rotatable bonds is 4. The van der Waals surface area contributed by atoms with Gasteiger partial charge in [-0.05, 0) is 43.2 Å². The summed E-state index contributed by atoms with van der Waals surface area (Å²) in [5, 5.41) is 8.83. The summed E-state index contributed by atoms with van der Waals surface area (Å²) in [5.41, 5.74) is 5.04. The summed E-state index contributed by atoms with van der Waals surface area (Å²) >= 11 is 1.73. The van der Waals surface area contributed by atoms with Crippen LogP contribution in [0.25, 0.3) is 0 Å². The topological polar surface area (TPSA) is 23.8 Å². The Morgan fingerprint density at radius 2 is 1.55 bits per heavy atom. The van der Waals surface area contributed by atoms with Crippen molar-refractivity contribution in [3.8, 4) is 6.07 Å². The van der Waals surface area contributed by atoms with E-state index >= 15 is 0 Å². The first-order chi connectivity index (χ1) is 9.56. The van der Waals surface area contributed by atoms with E-state index in [4.69, 9.17) is 5.26 Å². The third-order valence-corrected chi connectivity index (χ3v) is 3.98. The van der Waals surface area contributed by atoms with Crippen molar-refractivity contribution in [2.24, 2.45) is 0 Å². The van der Waals surface area contributed by atoms with Crippen molar-refractivity contribution in [1.82, 2.24) is 0 Å². The summed E-state index contributed by atoms with van der Waals surface area (Å²) in [6, 6.07) is 13.0. The molecule has 3 heteroatoms. The molecule has 0 radical (unpaired) electrons. The van der Waals surface area contributed by atoms with Crippen LogP contribution in [0.2, 0.25) is 0 Å². The van der Waals surface area contributed by atoms with Gasteiger partial charge in [-0.3, -0.25) is 0 Å². The fourth-order valence-electron chi connectivity index (χ4n) is 2.24. The molecule has 0 amide bonds. The summed E-state index contributed by atoms with van der Waals surface area (Å²) in [7, 11) is 0. The lowest BCUT2D eigenvalue weighted by molar-refractivity contribution is 0.626. The molecule has 0 heterocycles. The van der Waals surface area contributed by atoms with Crippen LogP contribution in [0.4, 0.5) is 4.39 Å². The van der Waals surface area contributed by atoms with Gasteiger partial charge in [0.1, 0.15) is 5.82 Å². The summed E-state index contributed by atoms with van der Waals surface area (Å²) in [6.45, 7) is 4.18. The smallest absolute Gasteiger partial charge is 0.124 e. The Balaban J connectivity index is 1.99. The number of thioether (sulfide) groups is 1. The molecule has 0 fully saturated rings. The van der Waals surface area contributed by atoms with E-state index in [0.717, 1.165) is 11.3 Å². The molecule has 0 aliphatic carbocycles. The zero-order chi connectivity index (χ0) is 14.5. The molecule has 0 atom stereocenters. The molecule has 0 aliphatic rings. The van der Waals surface area contributed by atoms with E-state index in [1.54, 1.807) is 17.8 Å². The molecule has 0 saturated carbocycles. The van der Waals surface area contributed by atoms with Gasteiger partial charge in [-0.15, -0.1) is 0 Å². The van der Waals surface area contributed by atoms with Crippen molar-refractivity contribution >= 4 is 11.8 Å². The fourth-order valence-corrected chi connectivity index (χ4v) is 3.14. The van der Waals surface area contributed by atoms with Gasteiger partial charge in [0, 0.05) is 11.5 Å². The van der Waals surface area contributed by atoms with Gasteiger partial charge in [0.2, 0.25) is 0 Å². The number of halogens is 1. The number of hydrogen-bond donors (Lipinski definition) is 0. The summed E-state index contributed by atoms with van der Waals surface area (Å²) in [4.78, 5) is 0. The number of hydrogen-bond acceptors (Lipinski definition) is 2. The van der Waals surface area contributed by atoms with Crippen LogP contribution in [-0.4, -0.2) is 0 Å². The lowest BCUT2D eigenvalue weighted by atomic mass is 10.1. The quantitative estimate of drug-likeness (QED) is 0.809. The van der Waals surface area contributed by atoms with Crippen molar-refractivity contribution in [2.75, 3.05) is 0 Å². The Morgan fingerprint density at radius 3 is 2.15 bits per heavy atom. The maximum absolute atomic E-state index is 13.3. The first-order valence-corrected chi connectivity index (χ1v) is 7.57. The highest BCUT2D eigenvalue weighted by atomic mass is 32.2. The lowest BCUT2D eigenvalue weighted by Crippen LogP contribution is -1.89.